The van der Waals surface area contributed by atoms with Crippen molar-refractivity contribution in [3.8, 4) is 0 Å². The van der Waals surface area contributed by atoms with E-state index in [9.17, 15) is 4.79 Å². The van der Waals surface area contributed by atoms with Crippen LogP contribution in [-0.2, 0) is 24.1 Å². The lowest BCUT2D eigenvalue weighted by molar-refractivity contribution is 0.0411. The number of nitrogens with zero attached hydrogens (tertiary/aromatic N) is 2. The third kappa shape index (κ3) is 2.77. The Morgan fingerprint density at radius 2 is 2.22 bits per heavy atom. The quantitative estimate of drug-likeness (QED) is 0.946. The van der Waals surface area contributed by atoms with E-state index < -0.39 is 0 Å². The molecule has 4 rings (SSSR count). The van der Waals surface area contributed by atoms with Crippen LogP contribution >= 0.6 is 0 Å². The number of nitrogens with one attached hydrogen (secondary N) is 1. The van der Waals surface area contributed by atoms with Crippen LogP contribution in [-0.4, -0.2) is 28.8 Å². The summed E-state index contributed by atoms with van der Waals surface area (Å²) in [6.07, 6.45) is 5.79. The Hall–Kier alpha value is -2.14. The number of hydrogen-bond donors (Lipinski definition) is 1. The molecule has 1 aromatic carbocycles. The van der Waals surface area contributed by atoms with Crippen molar-refractivity contribution in [2.45, 2.75) is 38.3 Å². The molecule has 3 heterocycles. The second-order valence-electron chi connectivity index (χ2n) is 6.20. The highest BCUT2D eigenvalue weighted by Crippen LogP contribution is 2.26. The Morgan fingerprint density at radius 1 is 1.30 bits per heavy atom. The number of carbonyl (C=O) groups excluding carboxylic acids is 1. The molecular weight excluding hydrogens is 290 g/mol. The molecule has 5 nitrogen and oxygen atoms in total. The third-order valence-corrected chi connectivity index (χ3v) is 4.77. The maximum absolute atomic E-state index is 12.5. The zero-order valence-electron chi connectivity index (χ0n) is 13.1. The number of carbonyl (C=O) groups is 1. The Morgan fingerprint density at radius 3 is 3.17 bits per heavy atom. The highest BCUT2D eigenvalue weighted by Gasteiger charge is 2.23. The van der Waals surface area contributed by atoms with Gasteiger partial charge in [0.15, 0.2) is 0 Å². The summed E-state index contributed by atoms with van der Waals surface area (Å²) in [7, 11) is 0. The van der Waals surface area contributed by atoms with Gasteiger partial charge >= 0.3 is 0 Å². The minimum absolute atomic E-state index is 0.0418. The van der Waals surface area contributed by atoms with Gasteiger partial charge in [0.2, 0.25) is 0 Å². The normalized spacial score (nSPS) is 19.7. The van der Waals surface area contributed by atoms with Crippen LogP contribution in [0.25, 0.3) is 0 Å². The average Bonchev–Trinajstić information content (AvgIpc) is 3.04. The molecule has 0 saturated carbocycles. The Balaban J connectivity index is 1.46. The fraction of sp³-hybridized carbons (Fsp3) is 0.444. The van der Waals surface area contributed by atoms with Gasteiger partial charge in [0.05, 0.1) is 24.1 Å². The molecule has 0 spiro atoms. The second-order valence-corrected chi connectivity index (χ2v) is 6.20. The number of fused-ring (bicyclic) bond motifs is 2. The Bertz CT molecular complexity index is 723. The van der Waals surface area contributed by atoms with Crippen molar-refractivity contribution in [1.29, 1.82) is 0 Å². The number of ether oxygens (including phenoxy) is 1. The fourth-order valence-corrected chi connectivity index (χ4v) is 3.54. The summed E-state index contributed by atoms with van der Waals surface area (Å²) in [6.45, 7) is 2.13. The minimum atomic E-state index is -0.0599. The van der Waals surface area contributed by atoms with E-state index in [1.54, 1.807) is 6.20 Å². The van der Waals surface area contributed by atoms with Crippen LogP contribution in [0.3, 0.4) is 0 Å². The minimum Gasteiger partial charge on any atom is -0.371 e. The van der Waals surface area contributed by atoms with Gasteiger partial charge in [-0.05, 0) is 36.8 Å². The van der Waals surface area contributed by atoms with E-state index in [0.717, 1.165) is 37.9 Å². The molecule has 1 N–H and O–H groups in total. The number of aromatic nitrogens is 2. The summed E-state index contributed by atoms with van der Waals surface area (Å²) >= 11 is 0. The van der Waals surface area contributed by atoms with Crippen molar-refractivity contribution >= 4 is 5.91 Å². The molecule has 1 amide bonds. The summed E-state index contributed by atoms with van der Waals surface area (Å²) in [5, 5.41) is 7.36. The van der Waals surface area contributed by atoms with Crippen molar-refractivity contribution in [2.24, 2.45) is 0 Å². The highest BCUT2D eigenvalue weighted by molar-refractivity contribution is 5.95. The second kappa shape index (κ2) is 6.16. The summed E-state index contributed by atoms with van der Waals surface area (Å²) in [5.74, 6) is -0.0418. The van der Waals surface area contributed by atoms with Crippen molar-refractivity contribution in [1.82, 2.24) is 15.1 Å². The van der Waals surface area contributed by atoms with Gasteiger partial charge in [-0.15, -0.1) is 0 Å². The predicted octanol–water partition coefficient (Wildman–Crippen LogP) is 2.26. The van der Waals surface area contributed by atoms with E-state index in [1.165, 1.54) is 11.1 Å². The predicted molar refractivity (Wildman–Crippen MR) is 86.3 cm³/mol. The molecule has 0 radical (unpaired) electrons. The van der Waals surface area contributed by atoms with Gasteiger partial charge in [0, 0.05) is 13.1 Å². The van der Waals surface area contributed by atoms with Gasteiger partial charge in [-0.1, -0.05) is 24.3 Å². The maximum atomic E-state index is 12.5. The lowest BCUT2D eigenvalue weighted by atomic mass is 9.97. The molecule has 1 atom stereocenters. The molecule has 23 heavy (non-hydrogen) atoms. The van der Waals surface area contributed by atoms with Crippen LogP contribution < -0.4 is 5.32 Å². The van der Waals surface area contributed by atoms with Crippen LogP contribution in [0.2, 0.25) is 0 Å². The first kappa shape index (κ1) is 14.5. The topological polar surface area (TPSA) is 56.1 Å². The van der Waals surface area contributed by atoms with Crippen molar-refractivity contribution < 1.29 is 9.53 Å². The summed E-state index contributed by atoms with van der Waals surface area (Å²) in [6, 6.07) is 8.31. The van der Waals surface area contributed by atoms with E-state index in [2.05, 4.69) is 28.6 Å². The largest absolute Gasteiger partial charge is 0.371 e. The van der Waals surface area contributed by atoms with Crippen LogP contribution in [0, 0.1) is 0 Å². The van der Waals surface area contributed by atoms with Gasteiger partial charge in [-0.3, -0.25) is 9.48 Å². The molecule has 1 aromatic heterocycles. The maximum Gasteiger partial charge on any atom is 0.254 e. The molecule has 2 aliphatic rings. The molecule has 0 unspecified atom stereocenters. The van der Waals surface area contributed by atoms with E-state index in [-0.39, 0.29) is 12.0 Å². The monoisotopic (exact) mass is 311 g/mol. The van der Waals surface area contributed by atoms with Crippen LogP contribution in [0.4, 0.5) is 0 Å². The van der Waals surface area contributed by atoms with Gasteiger partial charge in [-0.2, -0.15) is 5.10 Å². The summed E-state index contributed by atoms with van der Waals surface area (Å²) < 4.78 is 7.81. The molecule has 0 fully saturated rings. The van der Waals surface area contributed by atoms with Crippen LogP contribution in [0.15, 0.2) is 30.5 Å². The molecular formula is C18H21N3O2. The number of amides is 1. The van der Waals surface area contributed by atoms with E-state index in [1.807, 2.05) is 10.7 Å². The third-order valence-electron chi connectivity index (χ3n) is 4.77. The molecule has 0 aliphatic carbocycles. The molecule has 0 bridgehead atoms. The van der Waals surface area contributed by atoms with Gasteiger partial charge in [0.1, 0.15) is 6.10 Å². The molecule has 0 saturated heterocycles. The molecule has 120 valence electrons. The SMILES string of the molecule is O=C(NC[C@H]1OCCc2ccccc21)c1cnn2c1CCCC2. The number of rotatable bonds is 3. The van der Waals surface area contributed by atoms with Gasteiger partial charge in [0.25, 0.3) is 5.91 Å². The van der Waals surface area contributed by atoms with E-state index in [0.29, 0.717) is 18.7 Å². The van der Waals surface area contributed by atoms with Gasteiger partial charge in [-0.25, -0.2) is 0 Å². The standard InChI is InChI=1S/C18H21N3O2/c22-18(15-11-20-21-9-4-3-7-16(15)21)19-12-17-14-6-2-1-5-13(14)8-10-23-17/h1-2,5-6,11,17H,3-4,7-10,12H2,(H,19,22)/t17-/m1/s1. The summed E-state index contributed by atoms with van der Waals surface area (Å²) in [4.78, 5) is 12.5. The zero-order valence-corrected chi connectivity index (χ0v) is 13.1. The van der Waals surface area contributed by atoms with Gasteiger partial charge < -0.3 is 10.1 Å². The Kier molecular flexibility index (Phi) is 3.87. The first-order chi connectivity index (χ1) is 11.3. The van der Waals surface area contributed by atoms with Crippen molar-refractivity contribution in [2.75, 3.05) is 13.2 Å². The first-order valence-corrected chi connectivity index (χ1v) is 8.35. The number of aryl methyl sites for hydroxylation is 1. The number of hydrogen-bond acceptors (Lipinski definition) is 3. The van der Waals surface area contributed by atoms with E-state index in [4.69, 9.17) is 4.74 Å². The lowest BCUT2D eigenvalue weighted by Crippen LogP contribution is -2.32. The number of benzene rings is 1. The first-order valence-electron chi connectivity index (χ1n) is 8.35. The van der Waals surface area contributed by atoms with Crippen LogP contribution in [0.5, 0.6) is 0 Å². The average molecular weight is 311 g/mol. The zero-order chi connectivity index (χ0) is 15.6. The lowest BCUT2D eigenvalue weighted by Gasteiger charge is -2.26. The molecule has 2 aliphatic heterocycles. The summed E-state index contributed by atoms with van der Waals surface area (Å²) in [5.41, 5.74) is 4.30. The van der Waals surface area contributed by atoms with E-state index >= 15 is 0 Å². The smallest absolute Gasteiger partial charge is 0.254 e. The van der Waals surface area contributed by atoms with Crippen LogP contribution in [0.1, 0.15) is 46.1 Å². The molecule has 2 aromatic rings. The van der Waals surface area contributed by atoms with Crippen molar-refractivity contribution in [3.63, 3.8) is 0 Å². The van der Waals surface area contributed by atoms with Crippen molar-refractivity contribution in [3.05, 3.63) is 52.8 Å². The molecule has 5 heteroatoms. The fourth-order valence-electron chi connectivity index (χ4n) is 3.54. The Labute approximate surface area is 135 Å². The highest BCUT2D eigenvalue weighted by atomic mass is 16.5.